The van der Waals surface area contributed by atoms with E-state index in [2.05, 4.69) is 26.2 Å². The number of aromatic nitrogens is 1. The highest BCUT2D eigenvalue weighted by molar-refractivity contribution is 9.10. The van der Waals surface area contributed by atoms with Crippen LogP contribution in [0.2, 0.25) is 5.02 Å². The maximum atomic E-state index is 12.5. The lowest BCUT2D eigenvalue weighted by atomic mass is 10.3. The van der Waals surface area contributed by atoms with Crippen LogP contribution in [0.3, 0.4) is 0 Å². The summed E-state index contributed by atoms with van der Waals surface area (Å²) in [5.41, 5.74) is 0.839. The van der Waals surface area contributed by atoms with Gasteiger partial charge in [-0.05, 0) is 42.5 Å². The van der Waals surface area contributed by atoms with Gasteiger partial charge in [-0.1, -0.05) is 44.8 Å². The van der Waals surface area contributed by atoms with E-state index in [1.54, 1.807) is 4.57 Å². The summed E-state index contributed by atoms with van der Waals surface area (Å²) in [5.74, 6) is 2.54. The highest BCUT2D eigenvalue weighted by atomic mass is 79.9. The van der Waals surface area contributed by atoms with E-state index in [4.69, 9.17) is 18.0 Å². The topological polar surface area (TPSA) is 51.4 Å². The fraction of sp³-hybridized carbons (Fsp3) is 0.0625. The van der Waals surface area contributed by atoms with E-state index in [1.807, 2.05) is 18.2 Å². The van der Waals surface area contributed by atoms with Crippen LogP contribution in [0.5, 0.6) is 0 Å². The number of thiazole rings is 1. The van der Waals surface area contributed by atoms with Gasteiger partial charge in [0.1, 0.15) is 0 Å². The number of fused-ring (bicyclic) bond motifs is 1. The molecule has 0 atom stereocenters. The Kier molecular flexibility index (Phi) is 4.83. The molecule has 0 radical (unpaired) electrons. The van der Waals surface area contributed by atoms with Crippen molar-refractivity contribution >= 4 is 59.1 Å². The first-order valence-corrected chi connectivity index (χ1v) is 10.1. The third-order valence-corrected chi connectivity index (χ3v) is 6.39. The number of halogens is 2. The molecule has 3 aromatic rings. The van der Waals surface area contributed by atoms with Crippen LogP contribution in [0.15, 0.2) is 56.2 Å². The number of sulfonamides is 1. The van der Waals surface area contributed by atoms with Gasteiger partial charge in [0.15, 0.2) is 0 Å². The van der Waals surface area contributed by atoms with Crippen LogP contribution in [-0.2, 0) is 16.6 Å². The van der Waals surface area contributed by atoms with E-state index < -0.39 is 10.0 Å². The Bertz CT molecular complexity index is 1120. The summed E-state index contributed by atoms with van der Waals surface area (Å²) in [5, 5.41) is 0.461. The molecule has 122 valence electrons. The van der Waals surface area contributed by atoms with Gasteiger partial charge in [-0.3, -0.25) is 0 Å². The molecule has 0 fully saturated rings. The summed E-state index contributed by atoms with van der Waals surface area (Å²) in [6.45, 7) is 0.233. The molecule has 0 saturated heterocycles. The lowest BCUT2D eigenvalue weighted by Gasteiger charge is -2.01. The smallest absolute Gasteiger partial charge is 0.285 e. The summed E-state index contributed by atoms with van der Waals surface area (Å²) < 4.78 is 32.5. The molecule has 0 saturated carbocycles. The number of hydrogen-bond donors (Lipinski definition) is 0. The summed E-state index contributed by atoms with van der Waals surface area (Å²) >= 11 is 10.5. The van der Waals surface area contributed by atoms with Crippen molar-refractivity contribution in [2.24, 2.45) is 4.40 Å². The molecular weight excluding hydrogens is 432 g/mol. The van der Waals surface area contributed by atoms with Gasteiger partial charge in [0.2, 0.25) is 4.80 Å². The normalized spacial score (nSPS) is 12.5. The van der Waals surface area contributed by atoms with Crippen LogP contribution in [0, 0.1) is 12.3 Å². The summed E-state index contributed by atoms with van der Waals surface area (Å²) in [4.78, 5) is 0.411. The number of benzene rings is 2. The Morgan fingerprint density at radius 2 is 1.96 bits per heavy atom. The van der Waals surface area contributed by atoms with Crippen molar-refractivity contribution in [3.8, 4) is 12.3 Å². The predicted molar refractivity (Wildman–Crippen MR) is 101 cm³/mol. The summed E-state index contributed by atoms with van der Waals surface area (Å²) in [7, 11) is -3.85. The predicted octanol–water partition coefficient (Wildman–Crippen LogP) is 4.04. The molecule has 24 heavy (non-hydrogen) atoms. The largest absolute Gasteiger partial charge is 0.304 e. The van der Waals surface area contributed by atoms with Crippen molar-refractivity contribution in [2.75, 3.05) is 0 Å². The standard InChI is InChI=1S/C16H10BrClN2O2S2/c1-2-9-20-14-8-3-11(17)10-15(14)23-16(20)19-24(21,22)13-6-4-12(18)5-7-13/h1,3-8,10H,9H2/b19-16-. The van der Waals surface area contributed by atoms with Crippen LogP contribution in [0.25, 0.3) is 10.2 Å². The molecule has 0 amide bonds. The van der Waals surface area contributed by atoms with E-state index in [-0.39, 0.29) is 11.4 Å². The molecule has 0 aliphatic rings. The Morgan fingerprint density at radius 3 is 2.62 bits per heavy atom. The maximum absolute atomic E-state index is 12.5. The number of hydrogen-bond acceptors (Lipinski definition) is 3. The molecule has 0 bridgehead atoms. The molecule has 0 aliphatic carbocycles. The zero-order valence-corrected chi connectivity index (χ0v) is 16.1. The van der Waals surface area contributed by atoms with Crippen LogP contribution >= 0.6 is 38.9 Å². The molecule has 1 heterocycles. The van der Waals surface area contributed by atoms with Crippen molar-refractivity contribution in [3.05, 3.63) is 56.8 Å². The van der Waals surface area contributed by atoms with Gasteiger partial charge >= 0.3 is 0 Å². The number of nitrogens with zero attached hydrogens (tertiary/aromatic N) is 2. The van der Waals surface area contributed by atoms with Crippen molar-refractivity contribution in [1.29, 1.82) is 0 Å². The summed E-state index contributed by atoms with van der Waals surface area (Å²) in [6, 6.07) is 11.5. The van der Waals surface area contributed by atoms with Crippen LogP contribution < -0.4 is 4.80 Å². The third kappa shape index (κ3) is 3.42. The highest BCUT2D eigenvalue weighted by Crippen LogP contribution is 2.23. The number of terminal acetylenes is 1. The van der Waals surface area contributed by atoms with Gasteiger partial charge in [0.25, 0.3) is 10.0 Å². The van der Waals surface area contributed by atoms with E-state index >= 15 is 0 Å². The first kappa shape index (κ1) is 17.2. The Labute approximate surface area is 156 Å². The number of rotatable bonds is 3. The van der Waals surface area contributed by atoms with Crippen LogP contribution in [0.1, 0.15) is 0 Å². The SMILES string of the molecule is C#CCn1/c(=N/S(=O)(=O)c2ccc(Cl)cc2)sc2cc(Br)ccc21. The molecule has 0 spiro atoms. The van der Waals surface area contributed by atoms with Gasteiger partial charge in [0.05, 0.1) is 21.7 Å². The molecule has 8 heteroatoms. The maximum Gasteiger partial charge on any atom is 0.285 e. The minimum absolute atomic E-state index is 0.0813. The van der Waals surface area contributed by atoms with E-state index in [1.165, 1.54) is 35.6 Å². The van der Waals surface area contributed by atoms with Gasteiger partial charge in [-0.15, -0.1) is 10.8 Å². The summed E-state index contributed by atoms with van der Waals surface area (Å²) in [6.07, 6.45) is 5.42. The minimum atomic E-state index is -3.85. The molecular formula is C16H10BrClN2O2S2. The third-order valence-electron chi connectivity index (χ3n) is 3.20. The van der Waals surface area contributed by atoms with Crippen molar-refractivity contribution in [1.82, 2.24) is 4.57 Å². The second-order valence-electron chi connectivity index (χ2n) is 4.81. The average molecular weight is 442 g/mol. The van der Waals surface area contributed by atoms with Gasteiger partial charge in [-0.25, -0.2) is 0 Å². The quantitative estimate of drug-likeness (QED) is 0.576. The Balaban J connectivity index is 2.24. The zero-order chi connectivity index (χ0) is 17.3. The van der Waals surface area contributed by atoms with Crippen LogP contribution in [-0.4, -0.2) is 13.0 Å². The Hall–Kier alpha value is -1.59. The van der Waals surface area contributed by atoms with E-state index in [0.29, 0.717) is 9.82 Å². The molecule has 2 aromatic carbocycles. The zero-order valence-electron chi connectivity index (χ0n) is 12.1. The minimum Gasteiger partial charge on any atom is -0.304 e. The highest BCUT2D eigenvalue weighted by Gasteiger charge is 2.14. The monoisotopic (exact) mass is 440 g/mol. The van der Waals surface area contributed by atoms with Gasteiger partial charge in [0, 0.05) is 9.50 Å². The van der Waals surface area contributed by atoms with Crippen molar-refractivity contribution in [3.63, 3.8) is 0 Å². The average Bonchev–Trinajstić information content (AvgIpc) is 2.84. The van der Waals surface area contributed by atoms with Gasteiger partial charge < -0.3 is 4.57 Å². The van der Waals surface area contributed by atoms with Gasteiger partial charge in [-0.2, -0.15) is 8.42 Å². The van der Waals surface area contributed by atoms with Crippen molar-refractivity contribution < 1.29 is 8.42 Å². The second-order valence-corrected chi connectivity index (χ2v) is 8.77. The van der Waals surface area contributed by atoms with E-state index in [9.17, 15) is 8.42 Å². The molecule has 3 rings (SSSR count). The molecule has 0 N–H and O–H groups in total. The van der Waals surface area contributed by atoms with E-state index in [0.717, 1.165) is 14.7 Å². The first-order valence-electron chi connectivity index (χ1n) is 6.69. The molecule has 0 aliphatic heterocycles. The first-order chi connectivity index (χ1) is 11.4. The fourth-order valence-electron chi connectivity index (χ4n) is 2.12. The van der Waals surface area contributed by atoms with Crippen molar-refractivity contribution in [2.45, 2.75) is 11.4 Å². The lowest BCUT2D eigenvalue weighted by molar-refractivity contribution is 0.596. The molecule has 1 aromatic heterocycles. The lowest BCUT2D eigenvalue weighted by Crippen LogP contribution is -2.16. The molecule has 0 unspecified atom stereocenters. The van der Waals surface area contributed by atoms with Crippen LogP contribution in [0.4, 0.5) is 0 Å². The second kappa shape index (κ2) is 6.73. The molecule has 4 nitrogen and oxygen atoms in total. The Morgan fingerprint density at radius 1 is 1.25 bits per heavy atom. The fourth-order valence-corrected chi connectivity index (χ4v) is 5.03.